The Bertz CT molecular complexity index is 938. The lowest BCUT2D eigenvalue weighted by molar-refractivity contribution is -0.119. The molecule has 0 saturated heterocycles. The van der Waals surface area contributed by atoms with Gasteiger partial charge in [-0.1, -0.05) is 36.0 Å². The fourth-order valence-electron chi connectivity index (χ4n) is 2.74. The molecule has 0 saturated carbocycles. The van der Waals surface area contributed by atoms with Crippen molar-refractivity contribution >= 4 is 29.0 Å². The van der Waals surface area contributed by atoms with Gasteiger partial charge in [0.1, 0.15) is 5.75 Å². The molecule has 0 radical (unpaired) electrons. The molecule has 28 heavy (non-hydrogen) atoms. The summed E-state index contributed by atoms with van der Waals surface area (Å²) in [5.74, 6) is 1.63. The summed E-state index contributed by atoms with van der Waals surface area (Å²) in [6, 6.07) is 11.6. The van der Waals surface area contributed by atoms with Crippen molar-refractivity contribution in [2.45, 2.75) is 24.7 Å². The van der Waals surface area contributed by atoms with Crippen LogP contribution in [0.2, 0.25) is 0 Å². The van der Waals surface area contributed by atoms with Gasteiger partial charge in [0.05, 0.1) is 24.5 Å². The van der Waals surface area contributed by atoms with Gasteiger partial charge in [-0.2, -0.15) is 0 Å². The van der Waals surface area contributed by atoms with Crippen LogP contribution >= 0.6 is 23.1 Å². The van der Waals surface area contributed by atoms with E-state index in [1.807, 2.05) is 53.3 Å². The summed E-state index contributed by atoms with van der Waals surface area (Å²) in [5, 5.41) is 14.3. The van der Waals surface area contributed by atoms with E-state index in [2.05, 4.69) is 22.1 Å². The molecular formula is C20H22N4O2S2. The molecule has 1 atom stereocenters. The molecule has 1 aromatic carbocycles. The minimum atomic E-state index is -0.0436. The van der Waals surface area contributed by atoms with E-state index in [1.165, 1.54) is 11.8 Å². The summed E-state index contributed by atoms with van der Waals surface area (Å²) in [6.45, 7) is 6.34. The minimum Gasteiger partial charge on any atom is -0.496 e. The Morgan fingerprint density at radius 1 is 1.36 bits per heavy atom. The Morgan fingerprint density at radius 3 is 2.89 bits per heavy atom. The predicted molar refractivity (Wildman–Crippen MR) is 114 cm³/mol. The van der Waals surface area contributed by atoms with Crippen LogP contribution in [0.3, 0.4) is 0 Å². The van der Waals surface area contributed by atoms with E-state index in [-0.39, 0.29) is 17.7 Å². The van der Waals surface area contributed by atoms with Crippen LogP contribution in [0.25, 0.3) is 11.4 Å². The molecule has 3 aromatic rings. The highest BCUT2D eigenvalue weighted by Gasteiger charge is 2.18. The van der Waals surface area contributed by atoms with Gasteiger partial charge in [0, 0.05) is 11.4 Å². The number of nitrogens with one attached hydrogen (secondary N) is 1. The summed E-state index contributed by atoms with van der Waals surface area (Å²) in [4.78, 5) is 13.5. The van der Waals surface area contributed by atoms with Crippen LogP contribution in [-0.2, 0) is 11.3 Å². The second-order valence-electron chi connectivity index (χ2n) is 6.00. The first-order chi connectivity index (χ1) is 13.6. The molecule has 1 amide bonds. The monoisotopic (exact) mass is 414 g/mol. The molecule has 8 heteroatoms. The van der Waals surface area contributed by atoms with Crippen LogP contribution in [0.1, 0.15) is 17.8 Å². The fourth-order valence-corrected chi connectivity index (χ4v) is 4.23. The number of methoxy groups -OCH3 is 1. The number of hydrogen-bond acceptors (Lipinski definition) is 6. The quantitative estimate of drug-likeness (QED) is 0.420. The SMILES string of the molecule is C=CCn1c(SCC(=O)NC(C)c2cccs2)nnc1-c1ccccc1OC. The zero-order chi connectivity index (χ0) is 19.9. The maximum absolute atomic E-state index is 12.3. The zero-order valence-corrected chi connectivity index (χ0v) is 17.4. The number of carbonyl (C=O) groups excluding carboxylic acids is 1. The molecule has 0 aliphatic carbocycles. The summed E-state index contributed by atoms with van der Waals surface area (Å²) in [7, 11) is 1.63. The van der Waals surface area contributed by atoms with E-state index in [0.717, 1.165) is 16.2 Å². The van der Waals surface area contributed by atoms with E-state index in [4.69, 9.17) is 4.74 Å². The van der Waals surface area contributed by atoms with Gasteiger partial charge in [0.15, 0.2) is 11.0 Å². The summed E-state index contributed by atoms with van der Waals surface area (Å²) >= 11 is 2.99. The Hall–Kier alpha value is -2.58. The van der Waals surface area contributed by atoms with Crippen LogP contribution < -0.4 is 10.1 Å². The third-order valence-electron chi connectivity index (χ3n) is 4.06. The first-order valence-corrected chi connectivity index (χ1v) is 10.6. The van der Waals surface area contributed by atoms with Gasteiger partial charge in [-0.25, -0.2) is 0 Å². The second-order valence-corrected chi connectivity index (χ2v) is 7.92. The van der Waals surface area contributed by atoms with Crippen LogP contribution in [0.5, 0.6) is 5.75 Å². The summed E-state index contributed by atoms with van der Waals surface area (Å²) in [5.41, 5.74) is 0.849. The van der Waals surface area contributed by atoms with Gasteiger partial charge in [0.25, 0.3) is 0 Å². The Morgan fingerprint density at radius 2 is 2.18 bits per heavy atom. The Balaban J connectivity index is 1.73. The van der Waals surface area contributed by atoms with E-state index in [1.54, 1.807) is 24.5 Å². The maximum Gasteiger partial charge on any atom is 0.230 e. The topological polar surface area (TPSA) is 69.0 Å². The first kappa shape index (κ1) is 20.2. The number of rotatable bonds is 9. The van der Waals surface area contributed by atoms with Gasteiger partial charge in [-0.05, 0) is 30.5 Å². The number of para-hydroxylation sites is 1. The largest absolute Gasteiger partial charge is 0.496 e. The smallest absolute Gasteiger partial charge is 0.230 e. The van der Waals surface area contributed by atoms with Gasteiger partial charge in [0.2, 0.25) is 5.91 Å². The summed E-state index contributed by atoms with van der Waals surface area (Å²) in [6.07, 6.45) is 1.78. The van der Waals surface area contributed by atoms with Crippen molar-refractivity contribution in [1.82, 2.24) is 20.1 Å². The van der Waals surface area contributed by atoms with E-state index in [9.17, 15) is 4.79 Å². The van der Waals surface area contributed by atoms with Crippen molar-refractivity contribution in [3.8, 4) is 17.1 Å². The average Bonchev–Trinajstić information content (AvgIpc) is 3.37. The number of aromatic nitrogens is 3. The molecule has 6 nitrogen and oxygen atoms in total. The number of thiophene rings is 1. The Kier molecular flexibility index (Phi) is 6.89. The number of ether oxygens (including phenoxy) is 1. The van der Waals surface area contributed by atoms with Crippen molar-refractivity contribution in [3.63, 3.8) is 0 Å². The molecule has 0 aliphatic rings. The Labute approximate surface area is 172 Å². The number of hydrogen-bond donors (Lipinski definition) is 1. The highest BCUT2D eigenvalue weighted by Crippen LogP contribution is 2.31. The number of amides is 1. The minimum absolute atomic E-state index is 0.0108. The van der Waals surface area contributed by atoms with Gasteiger partial charge in [-0.3, -0.25) is 9.36 Å². The van der Waals surface area contributed by atoms with E-state index in [0.29, 0.717) is 17.5 Å². The average molecular weight is 415 g/mol. The zero-order valence-electron chi connectivity index (χ0n) is 15.8. The van der Waals surface area contributed by atoms with Crippen LogP contribution in [-0.4, -0.2) is 33.5 Å². The lowest BCUT2D eigenvalue weighted by atomic mass is 10.2. The molecule has 146 valence electrons. The molecule has 1 N–H and O–H groups in total. The van der Waals surface area contributed by atoms with E-state index < -0.39 is 0 Å². The van der Waals surface area contributed by atoms with Crippen molar-refractivity contribution in [2.24, 2.45) is 0 Å². The molecule has 2 heterocycles. The third-order valence-corrected chi connectivity index (χ3v) is 6.08. The number of benzene rings is 1. The van der Waals surface area contributed by atoms with Crippen molar-refractivity contribution in [2.75, 3.05) is 12.9 Å². The van der Waals surface area contributed by atoms with Gasteiger partial charge >= 0.3 is 0 Å². The van der Waals surface area contributed by atoms with Crippen molar-refractivity contribution < 1.29 is 9.53 Å². The molecule has 0 fully saturated rings. The standard InChI is InChI=1S/C20H22N4O2S2/c1-4-11-24-19(15-8-5-6-9-16(15)26-3)22-23-20(24)28-13-18(25)21-14(2)17-10-7-12-27-17/h4-10,12,14H,1,11,13H2,2-3H3,(H,21,25). The number of thioether (sulfide) groups is 1. The normalized spacial score (nSPS) is 11.8. The molecule has 3 rings (SSSR count). The lowest BCUT2D eigenvalue weighted by Crippen LogP contribution is -2.27. The third kappa shape index (κ3) is 4.63. The van der Waals surface area contributed by atoms with Crippen molar-refractivity contribution in [3.05, 3.63) is 59.3 Å². The second kappa shape index (κ2) is 9.57. The highest BCUT2D eigenvalue weighted by atomic mass is 32.2. The molecular weight excluding hydrogens is 392 g/mol. The number of allylic oxidation sites excluding steroid dienone is 1. The first-order valence-electron chi connectivity index (χ1n) is 8.77. The van der Waals surface area contributed by atoms with E-state index >= 15 is 0 Å². The predicted octanol–water partition coefficient (Wildman–Crippen LogP) is 4.17. The summed E-state index contributed by atoms with van der Waals surface area (Å²) < 4.78 is 7.38. The maximum atomic E-state index is 12.3. The molecule has 1 unspecified atom stereocenters. The molecule has 0 spiro atoms. The van der Waals surface area contributed by atoms with Crippen LogP contribution in [0.4, 0.5) is 0 Å². The van der Waals surface area contributed by atoms with Gasteiger partial charge < -0.3 is 10.1 Å². The van der Waals surface area contributed by atoms with Crippen molar-refractivity contribution in [1.29, 1.82) is 0 Å². The van der Waals surface area contributed by atoms with Gasteiger partial charge in [-0.15, -0.1) is 28.1 Å². The molecule has 0 aliphatic heterocycles. The van der Waals surface area contributed by atoms with Crippen LogP contribution in [0.15, 0.2) is 59.6 Å². The lowest BCUT2D eigenvalue weighted by Gasteiger charge is -2.12. The number of nitrogens with zero attached hydrogens (tertiary/aromatic N) is 3. The highest BCUT2D eigenvalue weighted by molar-refractivity contribution is 7.99. The number of carbonyl (C=O) groups is 1. The fraction of sp³-hybridized carbons (Fsp3) is 0.250. The van der Waals surface area contributed by atoms with Crippen LogP contribution in [0, 0.1) is 0 Å². The molecule has 2 aromatic heterocycles. The molecule has 0 bridgehead atoms.